The van der Waals surface area contributed by atoms with E-state index in [1.54, 1.807) is 24.5 Å². The number of hydrogen-bond donors (Lipinski definition) is 1. The summed E-state index contributed by atoms with van der Waals surface area (Å²) < 4.78 is 18.4. The summed E-state index contributed by atoms with van der Waals surface area (Å²) in [6, 6.07) is 16.0. The molecule has 2 aromatic carbocycles. The maximum Gasteiger partial charge on any atom is 0.332 e. The summed E-state index contributed by atoms with van der Waals surface area (Å²) >= 11 is 0. The maximum absolute atomic E-state index is 12.7. The highest BCUT2D eigenvalue weighted by molar-refractivity contribution is 5.89. The number of carbonyl (C=O) groups is 1. The molecule has 0 atom stereocenters. The molecule has 0 unspecified atom stereocenters. The molecule has 120 valence electrons. The van der Waals surface area contributed by atoms with Gasteiger partial charge in [0.05, 0.1) is 5.56 Å². The van der Waals surface area contributed by atoms with Crippen LogP contribution >= 0.6 is 0 Å². The second-order valence-corrected chi connectivity index (χ2v) is 5.15. The molecular weight excluding hydrogens is 307 g/mol. The molecule has 0 aliphatic rings. The Bertz CT molecular complexity index is 820. The van der Waals surface area contributed by atoms with Gasteiger partial charge in [0.1, 0.15) is 12.4 Å². The summed E-state index contributed by atoms with van der Waals surface area (Å²) in [5, 5.41) is 3.12. The summed E-state index contributed by atoms with van der Waals surface area (Å²) in [5.74, 6) is 0.741. The van der Waals surface area contributed by atoms with Crippen molar-refractivity contribution in [2.24, 2.45) is 0 Å². The number of nitrogens with zero attached hydrogens (tertiary/aromatic N) is 1. The van der Waals surface area contributed by atoms with Gasteiger partial charge in [-0.2, -0.15) is 4.39 Å². The maximum atomic E-state index is 12.7. The molecule has 0 spiro atoms. The van der Waals surface area contributed by atoms with Gasteiger partial charge in [0.2, 0.25) is 0 Å². The number of anilines is 2. The third-order valence-electron chi connectivity index (χ3n) is 3.39. The fourth-order valence-corrected chi connectivity index (χ4v) is 2.17. The van der Waals surface area contributed by atoms with E-state index < -0.39 is 6.04 Å². The molecule has 0 saturated carbocycles. The van der Waals surface area contributed by atoms with Gasteiger partial charge in [-0.1, -0.05) is 6.07 Å². The fraction of sp³-hybridized carbons (Fsp3) is 0.0526. The first-order valence-corrected chi connectivity index (χ1v) is 7.39. The molecule has 3 aromatic rings. The smallest absolute Gasteiger partial charge is 0.332 e. The topological polar surface area (TPSA) is 51.2 Å². The lowest BCUT2D eigenvalue weighted by atomic mass is 10.2. The van der Waals surface area contributed by atoms with Crippen LogP contribution in [0.3, 0.4) is 0 Å². The highest BCUT2D eigenvalue weighted by Crippen LogP contribution is 2.21. The number of hydrogen-bond acceptors (Lipinski definition) is 4. The third-order valence-corrected chi connectivity index (χ3v) is 3.39. The van der Waals surface area contributed by atoms with E-state index in [1.807, 2.05) is 36.4 Å². The van der Waals surface area contributed by atoms with Crippen LogP contribution in [0.25, 0.3) is 0 Å². The van der Waals surface area contributed by atoms with E-state index in [4.69, 9.17) is 4.74 Å². The molecular formula is C19H15FN2O2. The van der Waals surface area contributed by atoms with Crippen molar-refractivity contribution in [3.63, 3.8) is 0 Å². The molecule has 0 aliphatic heterocycles. The minimum Gasteiger partial charge on any atom is -0.489 e. The van der Waals surface area contributed by atoms with Gasteiger partial charge in [-0.15, -0.1) is 0 Å². The number of pyridine rings is 1. The minimum atomic E-state index is -1.45. The fourth-order valence-electron chi connectivity index (χ4n) is 2.17. The summed E-state index contributed by atoms with van der Waals surface area (Å²) in [5.41, 5.74) is 2.52. The molecule has 3 rings (SSSR count). The zero-order valence-corrected chi connectivity index (χ0v) is 12.8. The van der Waals surface area contributed by atoms with Crippen LogP contribution < -0.4 is 10.1 Å². The molecule has 1 aromatic heterocycles. The van der Waals surface area contributed by atoms with Crippen LogP contribution in [0.1, 0.15) is 15.9 Å². The zero-order chi connectivity index (χ0) is 16.8. The van der Waals surface area contributed by atoms with E-state index in [0.29, 0.717) is 12.3 Å². The van der Waals surface area contributed by atoms with E-state index in [9.17, 15) is 9.18 Å². The number of rotatable bonds is 6. The van der Waals surface area contributed by atoms with Crippen molar-refractivity contribution in [1.29, 1.82) is 0 Å². The standard InChI is InChI=1S/C19H15FN2O2/c20-19(23)15-2-1-3-17(12-15)22-16-4-6-18(7-5-16)24-13-14-8-10-21-11-9-14/h1-12,22H,13H2. The molecule has 1 heterocycles. The number of benzene rings is 2. The average molecular weight is 322 g/mol. The van der Waals surface area contributed by atoms with Crippen molar-refractivity contribution in [2.45, 2.75) is 6.61 Å². The molecule has 0 bridgehead atoms. The quantitative estimate of drug-likeness (QED) is 0.678. The number of halogens is 1. The van der Waals surface area contributed by atoms with Crippen molar-refractivity contribution in [2.75, 3.05) is 5.32 Å². The van der Waals surface area contributed by atoms with Crippen LogP contribution in [-0.4, -0.2) is 11.0 Å². The molecule has 0 amide bonds. The van der Waals surface area contributed by atoms with Gasteiger partial charge in [0.15, 0.2) is 0 Å². The van der Waals surface area contributed by atoms with E-state index in [2.05, 4.69) is 10.3 Å². The average Bonchev–Trinajstić information content (AvgIpc) is 2.62. The van der Waals surface area contributed by atoms with Gasteiger partial charge in [-0.05, 0) is 60.2 Å². The number of nitrogens with one attached hydrogen (secondary N) is 1. The van der Waals surface area contributed by atoms with Crippen LogP contribution in [0, 0.1) is 0 Å². The lowest BCUT2D eigenvalue weighted by molar-refractivity contribution is 0.0836. The number of ether oxygens (including phenoxy) is 1. The first-order valence-electron chi connectivity index (χ1n) is 7.39. The monoisotopic (exact) mass is 322 g/mol. The Morgan fingerprint density at radius 3 is 2.46 bits per heavy atom. The lowest BCUT2D eigenvalue weighted by Gasteiger charge is -2.09. The van der Waals surface area contributed by atoms with E-state index in [0.717, 1.165) is 17.0 Å². The van der Waals surface area contributed by atoms with Crippen LogP contribution in [0.5, 0.6) is 5.75 Å². The third kappa shape index (κ3) is 4.16. The van der Waals surface area contributed by atoms with Crippen molar-refractivity contribution >= 4 is 17.4 Å². The van der Waals surface area contributed by atoms with Gasteiger partial charge >= 0.3 is 6.04 Å². The minimum absolute atomic E-state index is 0.0253. The van der Waals surface area contributed by atoms with Crippen molar-refractivity contribution in [3.8, 4) is 5.75 Å². The Hall–Kier alpha value is -3.21. The molecule has 1 N–H and O–H groups in total. The van der Waals surface area contributed by atoms with Crippen LogP contribution in [-0.2, 0) is 6.61 Å². The summed E-state index contributed by atoms with van der Waals surface area (Å²) in [7, 11) is 0. The highest BCUT2D eigenvalue weighted by Gasteiger charge is 2.04. The van der Waals surface area contributed by atoms with Gasteiger partial charge < -0.3 is 10.1 Å². The van der Waals surface area contributed by atoms with Crippen molar-refractivity contribution < 1.29 is 13.9 Å². The molecule has 5 heteroatoms. The summed E-state index contributed by atoms with van der Waals surface area (Å²) in [6.45, 7) is 0.468. The Morgan fingerprint density at radius 1 is 1.00 bits per heavy atom. The Balaban J connectivity index is 1.62. The first kappa shape index (κ1) is 15.7. The molecule has 0 radical (unpaired) electrons. The van der Waals surface area contributed by atoms with Crippen LogP contribution in [0.4, 0.5) is 15.8 Å². The van der Waals surface area contributed by atoms with Gasteiger partial charge in [-0.3, -0.25) is 9.78 Å². The Morgan fingerprint density at radius 2 is 1.75 bits per heavy atom. The van der Waals surface area contributed by atoms with Gasteiger partial charge in [-0.25, -0.2) is 0 Å². The predicted octanol–water partition coefficient (Wildman–Crippen LogP) is 4.51. The second kappa shape index (κ2) is 7.37. The second-order valence-electron chi connectivity index (χ2n) is 5.15. The SMILES string of the molecule is O=C(F)c1cccc(Nc2ccc(OCc3ccncc3)cc2)c1. The molecule has 4 nitrogen and oxygen atoms in total. The zero-order valence-electron chi connectivity index (χ0n) is 12.8. The van der Waals surface area contributed by atoms with Crippen molar-refractivity contribution in [3.05, 3.63) is 84.2 Å². The molecule has 0 aliphatic carbocycles. The normalized spacial score (nSPS) is 10.2. The largest absolute Gasteiger partial charge is 0.489 e. The number of aromatic nitrogens is 1. The Labute approximate surface area is 138 Å². The predicted molar refractivity (Wildman–Crippen MR) is 90.2 cm³/mol. The van der Waals surface area contributed by atoms with E-state index in [-0.39, 0.29) is 5.56 Å². The lowest BCUT2D eigenvalue weighted by Crippen LogP contribution is -1.96. The van der Waals surface area contributed by atoms with E-state index >= 15 is 0 Å². The van der Waals surface area contributed by atoms with E-state index in [1.165, 1.54) is 12.1 Å². The van der Waals surface area contributed by atoms with Crippen LogP contribution in [0.2, 0.25) is 0 Å². The van der Waals surface area contributed by atoms with Gasteiger partial charge in [0.25, 0.3) is 0 Å². The molecule has 24 heavy (non-hydrogen) atoms. The van der Waals surface area contributed by atoms with Gasteiger partial charge in [0, 0.05) is 23.8 Å². The van der Waals surface area contributed by atoms with Crippen molar-refractivity contribution in [1.82, 2.24) is 4.98 Å². The molecule has 0 saturated heterocycles. The first-order chi connectivity index (χ1) is 11.7. The van der Waals surface area contributed by atoms with Crippen LogP contribution in [0.15, 0.2) is 73.1 Å². The number of carbonyl (C=O) groups excluding carboxylic acids is 1. The molecule has 0 fully saturated rings. The highest BCUT2D eigenvalue weighted by atomic mass is 19.1. The summed E-state index contributed by atoms with van der Waals surface area (Å²) in [4.78, 5) is 14.7. The Kier molecular flexibility index (Phi) is 4.81. The summed E-state index contributed by atoms with van der Waals surface area (Å²) in [6.07, 6.45) is 3.45.